The van der Waals surface area contributed by atoms with Crippen LogP contribution in [0.25, 0.3) is 0 Å². The molecule has 0 aliphatic carbocycles. The van der Waals surface area contributed by atoms with Gasteiger partial charge in [0, 0.05) is 7.11 Å². The molecule has 0 heterocycles. The normalized spacial score (nSPS) is 10.9. The van der Waals surface area contributed by atoms with Crippen molar-refractivity contribution in [3.05, 3.63) is 28.8 Å². The molecule has 16 heavy (non-hydrogen) atoms. The summed E-state index contributed by atoms with van der Waals surface area (Å²) >= 11 is 0. The van der Waals surface area contributed by atoms with Crippen molar-refractivity contribution in [2.45, 2.75) is 40.0 Å². The molecular formula is C14H22O2. The first-order valence-corrected chi connectivity index (χ1v) is 5.85. The van der Waals surface area contributed by atoms with Crippen LogP contribution in [0.5, 0.6) is 5.75 Å². The number of hydrogen-bond donors (Lipinski definition) is 0. The molecule has 0 aliphatic rings. The number of ether oxygens (including phenoxy) is 2. The molecule has 0 spiro atoms. The summed E-state index contributed by atoms with van der Waals surface area (Å²) in [5.74, 6) is 1.42. The van der Waals surface area contributed by atoms with Gasteiger partial charge < -0.3 is 9.47 Å². The minimum atomic E-state index is 0.310. The minimum Gasteiger partial charge on any atom is -0.467 e. The Morgan fingerprint density at radius 1 is 1.25 bits per heavy atom. The van der Waals surface area contributed by atoms with Gasteiger partial charge in [-0.05, 0) is 42.0 Å². The highest BCUT2D eigenvalue weighted by atomic mass is 16.7. The summed E-state index contributed by atoms with van der Waals surface area (Å²) in [7, 11) is 1.64. The van der Waals surface area contributed by atoms with E-state index in [1.165, 1.54) is 16.7 Å². The van der Waals surface area contributed by atoms with Crippen LogP contribution < -0.4 is 4.74 Å². The fraction of sp³-hybridized carbons (Fsp3) is 0.571. The molecule has 2 heteroatoms. The predicted octanol–water partition coefficient (Wildman–Crippen LogP) is 3.66. The van der Waals surface area contributed by atoms with Gasteiger partial charge in [0.15, 0.2) is 6.79 Å². The minimum absolute atomic E-state index is 0.310. The number of hydrogen-bond acceptors (Lipinski definition) is 2. The van der Waals surface area contributed by atoms with Crippen LogP contribution in [0.15, 0.2) is 12.1 Å². The van der Waals surface area contributed by atoms with Crippen LogP contribution in [0.3, 0.4) is 0 Å². The second-order valence-electron chi connectivity index (χ2n) is 4.38. The molecule has 0 fully saturated rings. The fourth-order valence-corrected chi connectivity index (χ4v) is 1.82. The quantitative estimate of drug-likeness (QED) is 0.708. The lowest BCUT2D eigenvalue weighted by Crippen LogP contribution is -2.04. The molecule has 1 aromatic rings. The molecule has 0 saturated carbocycles. The molecule has 0 amide bonds. The highest BCUT2D eigenvalue weighted by Gasteiger charge is 2.10. The summed E-state index contributed by atoms with van der Waals surface area (Å²) in [4.78, 5) is 0. The highest BCUT2D eigenvalue weighted by Crippen LogP contribution is 2.30. The Morgan fingerprint density at radius 2 is 1.94 bits per heavy atom. The van der Waals surface area contributed by atoms with Crippen LogP contribution in [-0.4, -0.2) is 13.9 Å². The molecule has 0 N–H and O–H groups in total. The third kappa shape index (κ3) is 2.99. The van der Waals surface area contributed by atoms with Crippen molar-refractivity contribution in [1.82, 2.24) is 0 Å². The lowest BCUT2D eigenvalue weighted by molar-refractivity contribution is 0.0502. The van der Waals surface area contributed by atoms with E-state index >= 15 is 0 Å². The van der Waals surface area contributed by atoms with Crippen LogP contribution in [0.4, 0.5) is 0 Å². The van der Waals surface area contributed by atoms with E-state index in [0.717, 1.165) is 12.2 Å². The lowest BCUT2D eigenvalue weighted by atomic mass is 9.95. The molecule has 1 rings (SSSR count). The maximum absolute atomic E-state index is 5.61. The van der Waals surface area contributed by atoms with Gasteiger partial charge in [-0.3, -0.25) is 0 Å². The van der Waals surface area contributed by atoms with Gasteiger partial charge in [0.05, 0.1) is 0 Å². The molecular weight excluding hydrogens is 200 g/mol. The molecule has 2 nitrogen and oxygen atoms in total. The van der Waals surface area contributed by atoms with E-state index in [0.29, 0.717) is 12.7 Å². The Hall–Kier alpha value is -1.02. The van der Waals surface area contributed by atoms with E-state index < -0.39 is 0 Å². The molecule has 0 aromatic heterocycles. The molecule has 0 aliphatic heterocycles. The zero-order chi connectivity index (χ0) is 12.1. The van der Waals surface area contributed by atoms with E-state index in [2.05, 4.69) is 39.8 Å². The highest BCUT2D eigenvalue weighted by molar-refractivity contribution is 5.43. The van der Waals surface area contributed by atoms with E-state index in [4.69, 9.17) is 9.47 Å². The first-order valence-electron chi connectivity index (χ1n) is 5.85. The smallest absolute Gasteiger partial charge is 0.188 e. The zero-order valence-corrected chi connectivity index (χ0v) is 11.0. The number of benzene rings is 1. The van der Waals surface area contributed by atoms with Gasteiger partial charge in [-0.25, -0.2) is 0 Å². The van der Waals surface area contributed by atoms with Gasteiger partial charge in [-0.2, -0.15) is 0 Å². The van der Waals surface area contributed by atoms with Crippen LogP contribution in [0.1, 0.15) is 43.4 Å². The van der Waals surface area contributed by atoms with Gasteiger partial charge >= 0.3 is 0 Å². The third-order valence-corrected chi connectivity index (χ3v) is 2.80. The third-order valence-electron chi connectivity index (χ3n) is 2.80. The maximum Gasteiger partial charge on any atom is 0.188 e. The largest absolute Gasteiger partial charge is 0.467 e. The van der Waals surface area contributed by atoms with Gasteiger partial charge in [0.1, 0.15) is 5.75 Å². The Kier molecular flexibility index (Phi) is 4.81. The Balaban J connectivity index is 3.09. The SMILES string of the molecule is CCc1cc(C(C)C)c(OCOC)cc1C. The standard InChI is InChI=1S/C14H22O2/c1-6-12-8-13(10(2)3)14(7-11(12)4)16-9-15-5/h7-8,10H,6,9H2,1-5H3. The average Bonchev–Trinajstić information content (AvgIpc) is 2.25. The second-order valence-corrected chi connectivity index (χ2v) is 4.38. The summed E-state index contributed by atoms with van der Waals surface area (Å²) in [6.07, 6.45) is 1.07. The monoisotopic (exact) mass is 222 g/mol. The van der Waals surface area contributed by atoms with Gasteiger partial charge in [0.25, 0.3) is 0 Å². The van der Waals surface area contributed by atoms with Crippen molar-refractivity contribution in [3.8, 4) is 5.75 Å². The Bertz CT molecular complexity index is 343. The van der Waals surface area contributed by atoms with E-state index in [1.54, 1.807) is 7.11 Å². The van der Waals surface area contributed by atoms with E-state index in [9.17, 15) is 0 Å². The van der Waals surface area contributed by atoms with Crippen molar-refractivity contribution < 1.29 is 9.47 Å². The average molecular weight is 222 g/mol. The van der Waals surface area contributed by atoms with Crippen LogP contribution in [0.2, 0.25) is 0 Å². The number of aryl methyl sites for hydroxylation is 2. The van der Waals surface area contributed by atoms with Gasteiger partial charge in [0.2, 0.25) is 0 Å². The fourth-order valence-electron chi connectivity index (χ4n) is 1.82. The summed E-state index contributed by atoms with van der Waals surface area (Å²) in [6.45, 7) is 8.99. The van der Waals surface area contributed by atoms with Gasteiger partial charge in [-0.1, -0.05) is 26.8 Å². The van der Waals surface area contributed by atoms with Gasteiger partial charge in [-0.15, -0.1) is 0 Å². The van der Waals surface area contributed by atoms with Crippen molar-refractivity contribution in [2.24, 2.45) is 0 Å². The Labute approximate surface area is 98.6 Å². The molecule has 90 valence electrons. The molecule has 0 saturated heterocycles. The number of rotatable bonds is 5. The molecule has 0 atom stereocenters. The van der Waals surface area contributed by atoms with Crippen molar-refractivity contribution in [1.29, 1.82) is 0 Å². The lowest BCUT2D eigenvalue weighted by Gasteiger charge is -2.16. The van der Waals surface area contributed by atoms with E-state index in [1.807, 2.05) is 0 Å². The molecule has 0 bridgehead atoms. The van der Waals surface area contributed by atoms with Crippen LogP contribution >= 0.6 is 0 Å². The van der Waals surface area contributed by atoms with Crippen LogP contribution in [0, 0.1) is 6.92 Å². The first-order chi connectivity index (χ1) is 7.60. The molecule has 1 aromatic carbocycles. The Morgan fingerprint density at radius 3 is 2.44 bits per heavy atom. The van der Waals surface area contributed by atoms with Crippen molar-refractivity contribution >= 4 is 0 Å². The zero-order valence-electron chi connectivity index (χ0n) is 11.0. The summed E-state index contributed by atoms with van der Waals surface area (Å²) in [5, 5.41) is 0. The van der Waals surface area contributed by atoms with Crippen LogP contribution in [-0.2, 0) is 11.2 Å². The number of methoxy groups -OCH3 is 1. The van der Waals surface area contributed by atoms with E-state index in [-0.39, 0.29) is 0 Å². The predicted molar refractivity (Wildman–Crippen MR) is 67.2 cm³/mol. The second kappa shape index (κ2) is 5.90. The first kappa shape index (κ1) is 13.0. The summed E-state index contributed by atoms with van der Waals surface area (Å²) in [6, 6.07) is 4.37. The van der Waals surface area contributed by atoms with Crippen molar-refractivity contribution in [2.75, 3.05) is 13.9 Å². The summed E-state index contributed by atoms with van der Waals surface area (Å²) in [5.41, 5.74) is 3.95. The molecule has 0 unspecified atom stereocenters. The van der Waals surface area contributed by atoms with Crippen molar-refractivity contribution in [3.63, 3.8) is 0 Å². The maximum atomic E-state index is 5.61. The molecule has 0 radical (unpaired) electrons. The topological polar surface area (TPSA) is 18.5 Å². The summed E-state index contributed by atoms with van der Waals surface area (Å²) < 4.78 is 10.6.